The Balaban J connectivity index is 1.59. The van der Waals surface area contributed by atoms with Crippen LogP contribution in [0.3, 0.4) is 0 Å². The van der Waals surface area contributed by atoms with Crippen molar-refractivity contribution in [3.05, 3.63) is 52.2 Å². The SMILES string of the molecule is CCC/C=C(/CCNC(O)c1nnc(C2CCCCC2)o1)c1cc(Cl)ccc1C. The first-order valence-electron chi connectivity index (χ1n) is 10.8. The van der Waals surface area contributed by atoms with Crippen LogP contribution >= 0.6 is 11.6 Å². The number of halogens is 1. The van der Waals surface area contributed by atoms with Gasteiger partial charge < -0.3 is 9.52 Å². The van der Waals surface area contributed by atoms with Crippen molar-refractivity contribution in [1.29, 1.82) is 0 Å². The maximum absolute atomic E-state index is 10.4. The largest absolute Gasteiger partial charge is 0.421 e. The quantitative estimate of drug-likeness (QED) is 0.494. The van der Waals surface area contributed by atoms with E-state index < -0.39 is 6.23 Å². The lowest BCUT2D eigenvalue weighted by Crippen LogP contribution is -2.22. The van der Waals surface area contributed by atoms with E-state index >= 15 is 0 Å². The molecule has 29 heavy (non-hydrogen) atoms. The van der Waals surface area contributed by atoms with E-state index in [1.165, 1.54) is 36.0 Å². The zero-order valence-corrected chi connectivity index (χ0v) is 18.2. The van der Waals surface area contributed by atoms with Crippen LogP contribution in [0.2, 0.25) is 5.02 Å². The van der Waals surface area contributed by atoms with Crippen LogP contribution in [0.1, 0.15) is 93.3 Å². The maximum atomic E-state index is 10.4. The normalized spacial score (nSPS) is 16.9. The molecule has 0 spiro atoms. The summed E-state index contributed by atoms with van der Waals surface area (Å²) in [6, 6.07) is 5.98. The van der Waals surface area contributed by atoms with Crippen molar-refractivity contribution in [3.8, 4) is 0 Å². The van der Waals surface area contributed by atoms with E-state index in [2.05, 4.69) is 35.4 Å². The van der Waals surface area contributed by atoms with Crippen LogP contribution < -0.4 is 5.32 Å². The summed E-state index contributed by atoms with van der Waals surface area (Å²) in [4.78, 5) is 0. The van der Waals surface area contributed by atoms with Crippen LogP contribution in [-0.4, -0.2) is 21.8 Å². The molecule has 3 rings (SSSR count). The Bertz CT molecular complexity index is 812. The van der Waals surface area contributed by atoms with E-state index in [1.807, 2.05) is 18.2 Å². The van der Waals surface area contributed by atoms with Gasteiger partial charge >= 0.3 is 0 Å². The Labute approximate surface area is 178 Å². The van der Waals surface area contributed by atoms with E-state index in [0.717, 1.165) is 37.1 Å². The molecule has 1 saturated carbocycles. The van der Waals surface area contributed by atoms with Gasteiger partial charge in [0, 0.05) is 17.5 Å². The summed E-state index contributed by atoms with van der Waals surface area (Å²) in [7, 11) is 0. The summed E-state index contributed by atoms with van der Waals surface area (Å²) in [6.07, 6.45) is 10.1. The lowest BCUT2D eigenvalue weighted by Gasteiger charge is -2.17. The van der Waals surface area contributed by atoms with Crippen LogP contribution in [0.5, 0.6) is 0 Å². The molecular weight excluding hydrogens is 386 g/mol. The number of allylic oxidation sites excluding steroid dienone is 1. The first-order chi connectivity index (χ1) is 14.1. The minimum absolute atomic E-state index is 0.253. The van der Waals surface area contributed by atoms with Gasteiger partial charge in [-0.15, -0.1) is 10.2 Å². The summed E-state index contributed by atoms with van der Waals surface area (Å²) in [5.41, 5.74) is 3.60. The molecule has 1 atom stereocenters. The molecule has 0 aliphatic heterocycles. The molecule has 2 N–H and O–H groups in total. The standard InChI is InChI=1S/C23H32ClN3O2/c1-3-4-8-17(20-15-19(24)12-11-16(20)2)13-14-25-21(28)23-27-26-22(29-23)18-9-6-5-7-10-18/h8,11-12,15,18,21,25,28H,3-7,9-10,13-14H2,1-2H3/b17-8-. The van der Waals surface area contributed by atoms with Crippen LogP contribution in [-0.2, 0) is 0 Å². The molecule has 0 amide bonds. The highest BCUT2D eigenvalue weighted by atomic mass is 35.5. The molecule has 0 radical (unpaired) electrons. The topological polar surface area (TPSA) is 71.2 Å². The van der Waals surface area contributed by atoms with Gasteiger partial charge in [-0.25, -0.2) is 0 Å². The zero-order chi connectivity index (χ0) is 20.6. The van der Waals surface area contributed by atoms with Crippen molar-refractivity contribution in [2.24, 2.45) is 0 Å². The summed E-state index contributed by atoms with van der Waals surface area (Å²) in [6.45, 7) is 4.86. The Hall–Kier alpha value is -1.69. The molecule has 0 bridgehead atoms. The van der Waals surface area contributed by atoms with Gasteiger partial charge in [-0.3, -0.25) is 5.32 Å². The maximum Gasteiger partial charge on any atom is 0.259 e. The van der Waals surface area contributed by atoms with Gasteiger partial charge in [0.25, 0.3) is 5.89 Å². The van der Waals surface area contributed by atoms with Crippen LogP contribution in [0.4, 0.5) is 0 Å². The highest BCUT2D eigenvalue weighted by Gasteiger charge is 2.23. The highest BCUT2D eigenvalue weighted by Crippen LogP contribution is 2.32. The number of unbranched alkanes of at least 4 members (excludes halogenated alkanes) is 1. The molecule has 1 aromatic carbocycles. The van der Waals surface area contributed by atoms with Gasteiger partial charge in [-0.1, -0.05) is 56.4 Å². The summed E-state index contributed by atoms with van der Waals surface area (Å²) in [5.74, 6) is 1.26. The second kappa shape index (κ2) is 10.9. The average molecular weight is 418 g/mol. The molecule has 1 heterocycles. The summed E-state index contributed by atoms with van der Waals surface area (Å²) in [5, 5.41) is 22.5. The lowest BCUT2D eigenvalue weighted by atomic mass is 9.89. The van der Waals surface area contributed by atoms with Crippen LogP contribution in [0.15, 0.2) is 28.7 Å². The molecule has 1 fully saturated rings. The number of benzene rings is 1. The van der Waals surface area contributed by atoms with Crippen LogP contribution in [0, 0.1) is 6.92 Å². The molecule has 1 unspecified atom stereocenters. The van der Waals surface area contributed by atoms with Gasteiger partial charge in [-0.05, 0) is 61.4 Å². The predicted octanol–water partition coefficient (Wildman–Crippen LogP) is 5.93. The fourth-order valence-corrected chi connectivity index (χ4v) is 4.08. The average Bonchev–Trinajstić information content (AvgIpc) is 3.23. The third kappa shape index (κ3) is 6.14. The van der Waals surface area contributed by atoms with Gasteiger partial charge in [-0.2, -0.15) is 0 Å². The van der Waals surface area contributed by atoms with Crippen molar-refractivity contribution in [1.82, 2.24) is 15.5 Å². The van der Waals surface area contributed by atoms with Crippen molar-refractivity contribution in [2.75, 3.05) is 6.54 Å². The second-order valence-electron chi connectivity index (χ2n) is 7.90. The van der Waals surface area contributed by atoms with Gasteiger partial charge in [0.15, 0.2) is 6.23 Å². The number of aryl methyl sites for hydroxylation is 1. The number of nitrogens with one attached hydrogen (secondary N) is 1. The fourth-order valence-electron chi connectivity index (χ4n) is 3.91. The molecule has 1 aliphatic rings. The number of hydrogen-bond donors (Lipinski definition) is 2. The Kier molecular flexibility index (Phi) is 8.28. The number of nitrogens with zero attached hydrogens (tertiary/aromatic N) is 2. The number of aliphatic hydroxyl groups excluding tert-OH is 1. The first-order valence-corrected chi connectivity index (χ1v) is 11.2. The van der Waals surface area contributed by atoms with Crippen molar-refractivity contribution < 1.29 is 9.52 Å². The fraction of sp³-hybridized carbons (Fsp3) is 0.565. The number of aliphatic hydroxyl groups is 1. The van der Waals surface area contributed by atoms with Crippen molar-refractivity contribution >= 4 is 17.2 Å². The molecule has 1 aliphatic carbocycles. The molecule has 158 valence electrons. The third-order valence-electron chi connectivity index (χ3n) is 5.60. The molecule has 0 saturated heterocycles. The minimum Gasteiger partial charge on any atom is -0.421 e. The van der Waals surface area contributed by atoms with E-state index in [0.29, 0.717) is 18.4 Å². The number of rotatable bonds is 9. The van der Waals surface area contributed by atoms with E-state index in [-0.39, 0.29) is 5.89 Å². The first kappa shape index (κ1) is 22.0. The third-order valence-corrected chi connectivity index (χ3v) is 5.84. The highest BCUT2D eigenvalue weighted by molar-refractivity contribution is 6.30. The van der Waals surface area contributed by atoms with Crippen molar-refractivity contribution in [3.63, 3.8) is 0 Å². The Morgan fingerprint density at radius 2 is 2.10 bits per heavy atom. The van der Waals surface area contributed by atoms with E-state index in [9.17, 15) is 5.11 Å². The number of aromatic nitrogens is 2. The summed E-state index contributed by atoms with van der Waals surface area (Å²) >= 11 is 6.22. The Morgan fingerprint density at radius 1 is 1.31 bits per heavy atom. The minimum atomic E-state index is -0.951. The number of hydrogen-bond acceptors (Lipinski definition) is 5. The van der Waals surface area contributed by atoms with E-state index in [1.54, 1.807) is 0 Å². The van der Waals surface area contributed by atoms with E-state index in [4.69, 9.17) is 16.0 Å². The smallest absolute Gasteiger partial charge is 0.259 e. The van der Waals surface area contributed by atoms with Crippen LogP contribution in [0.25, 0.3) is 5.57 Å². The lowest BCUT2D eigenvalue weighted by molar-refractivity contribution is 0.106. The second-order valence-corrected chi connectivity index (χ2v) is 8.33. The summed E-state index contributed by atoms with van der Waals surface area (Å²) < 4.78 is 5.76. The predicted molar refractivity (Wildman–Crippen MR) is 117 cm³/mol. The molecule has 5 nitrogen and oxygen atoms in total. The molecule has 2 aromatic rings. The van der Waals surface area contributed by atoms with Crippen molar-refractivity contribution in [2.45, 2.75) is 77.4 Å². The zero-order valence-electron chi connectivity index (χ0n) is 17.5. The molecular formula is C23H32ClN3O2. The molecule has 6 heteroatoms. The Morgan fingerprint density at radius 3 is 2.86 bits per heavy atom. The molecule has 1 aromatic heterocycles. The van der Waals surface area contributed by atoms with Gasteiger partial charge in [0.1, 0.15) is 0 Å². The van der Waals surface area contributed by atoms with Gasteiger partial charge in [0.2, 0.25) is 5.89 Å². The monoisotopic (exact) mass is 417 g/mol. The van der Waals surface area contributed by atoms with Gasteiger partial charge in [0.05, 0.1) is 0 Å².